The highest BCUT2D eigenvalue weighted by molar-refractivity contribution is 5.93. The summed E-state index contributed by atoms with van der Waals surface area (Å²) in [6.07, 6.45) is 3.72. The van der Waals surface area contributed by atoms with Gasteiger partial charge in [0.25, 0.3) is 18.8 Å². The standard InChI is InChI=1S/C11H2N4O5/c12-2-7-6(11(16)17)1-8(18-3-13)10(20-5-15)9(7)19-4-14/h1H,(H,16,17). The first-order valence-corrected chi connectivity index (χ1v) is 4.62. The van der Waals surface area contributed by atoms with Gasteiger partial charge in [0.05, 0.1) is 5.56 Å². The number of nitriles is 4. The molecular weight excluding hydrogens is 268 g/mol. The molecule has 0 aliphatic rings. The number of carbonyl (C=O) groups is 1. The summed E-state index contributed by atoms with van der Waals surface area (Å²) < 4.78 is 13.3. The third-order valence-corrected chi connectivity index (χ3v) is 2.00. The number of aromatic carboxylic acids is 1. The van der Waals surface area contributed by atoms with E-state index >= 15 is 0 Å². The minimum atomic E-state index is -1.52. The highest BCUT2D eigenvalue weighted by atomic mass is 16.5. The number of benzene rings is 1. The highest BCUT2D eigenvalue weighted by Crippen LogP contribution is 2.42. The van der Waals surface area contributed by atoms with Gasteiger partial charge in [0.2, 0.25) is 11.5 Å². The van der Waals surface area contributed by atoms with Crippen molar-refractivity contribution in [1.82, 2.24) is 0 Å². The van der Waals surface area contributed by atoms with E-state index in [9.17, 15) is 4.79 Å². The fourth-order valence-electron chi connectivity index (χ4n) is 1.31. The molecule has 0 saturated heterocycles. The second kappa shape index (κ2) is 6.11. The van der Waals surface area contributed by atoms with Crippen LogP contribution in [-0.2, 0) is 0 Å². The summed E-state index contributed by atoms with van der Waals surface area (Å²) in [4.78, 5) is 11.0. The Morgan fingerprint density at radius 2 is 1.55 bits per heavy atom. The Morgan fingerprint density at radius 1 is 1.00 bits per heavy atom. The molecule has 0 amide bonds. The molecule has 0 aliphatic heterocycles. The molecule has 0 aliphatic carbocycles. The van der Waals surface area contributed by atoms with Crippen molar-refractivity contribution in [2.45, 2.75) is 0 Å². The maximum Gasteiger partial charge on any atom is 0.337 e. The lowest BCUT2D eigenvalue weighted by Gasteiger charge is -2.10. The topological polar surface area (TPSA) is 160 Å². The predicted molar refractivity (Wildman–Crippen MR) is 56.8 cm³/mol. The molecule has 0 aromatic heterocycles. The summed E-state index contributed by atoms with van der Waals surface area (Å²) in [7, 11) is 0. The summed E-state index contributed by atoms with van der Waals surface area (Å²) in [5.74, 6) is -3.16. The summed E-state index contributed by atoms with van der Waals surface area (Å²) >= 11 is 0. The van der Waals surface area contributed by atoms with Crippen molar-refractivity contribution < 1.29 is 24.1 Å². The van der Waals surface area contributed by atoms with Crippen LogP contribution in [0.3, 0.4) is 0 Å². The zero-order valence-electron chi connectivity index (χ0n) is 9.45. The minimum absolute atomic E-state index is 0.476. The van der Waals surface area contributed by atoms with Gasteiger partial charge in [-0.1, -0.05) is 0 Å². The SMILES string of the molecule is N#COc1cc(C(=O)O)c(C#N)c(OC#N)c1OC#N. The van der Waals surface area contributed by atoms with E-state index < -0.39 is 34.3 Å². The van der Waals surface area contributed by atoms with E-state index in [0.29, 0.717) is 0 Å². The molecular formula is C11H2N4O5. The van der Waals surface area contributed by atoms with Gasteiger partial charge in [0.1, 0.15) is 11.6 Å². The first-order valence-electron chi connectivity index (χ1n) is 4.62. The van der Waals surface area contributed by atoms with E-state index in [2.05, 4.69) is 14.2 Å². The highest BCUT2D eigenvalue weighted by Gasteiger charge is 2.26. The Balaban J connectivity index is 3.78. The Morgan fingerprint density at radius 3 is 2.00 bits per heavy atom. The molecule has 0 spiro atoms. The molecule has 0 bridgehead atoms. The van der Waals surface area contributed by atoms with Crippen LogP contribution in [0.2, 0.25) is 0 Å². The van der Waals surface area contributed by atoms with Crippen molar-refractivity contribution >= 4 is 5.97 Å². The monoisotopic (exact) mass is 270 g/mol. The number of hydrogen-bond donors (Lipinski definition) is 1. The maximum atomic E-state index is 11.0. The number of hydrogen-bond acceptors (Lipinski definition) is 8. The van der Waals surface area contributed by atoms with Gasteiger partial charge < -0.3 is 19.3 Å². The molecule has 0 fully saturated rings. The first-order chi connectivity index (χ1) is 9.60. The zero-order chi connectivity index (χ0) is 15.1. The van der Waals surface area contributed by atoms with Crippen molar-refractivity contribution in [2.75, 3.05) is 0 Å². The van der Waals surface area contributed by atoms with Crippen LogP contribution in [0.15, 0.2) is 6.07 Å². The lowest BCUT2D eigenvalue weighted by atomic mass is 10.1. The molecule has 20 heavy (non-hydrogen) atoms. The van der Waals surface area contributed by atoms with Gasteiger partial charge in [-0.15, -0.1) is 15.8 Å². The van der Waals surface area contributed by atoms with Gasteiger partial charge in [-0.2, -0.15) is 5.26 Å². The number of carboxylic acid groups (broad SMARTS) is 1. The second-order valence-electron chi connectivity index (χ2n) is 2.95. The van der Waals surface area contributed by atoms with E-state index in [1.54, 1.807) is 0 Å². The lowest BCUT2D eigenvalue weighted by molar-refractivity contribution is 0.0695. The zero-order valence-corrected chi connectivity index (χ0v) is 9.45. The largest absolute Gasteiger partial charge is 0.478 e. The van der Waals surface area contributed by atoms with E-state index in [4.69, 9.17) is 26.2 Å². The van der Waals surface area contributed by atoms with Crippen molar-refractivity contribution in [3.8, 4) is 42.1 Å². The predicted octanol–water partition coefficient (Wildman–Crippen LogP) is 0.836. The Kier molecular flexibility index (Phi) is 4.31. The molecule has 1 aromatic rings. The number of carboxylic acids is 1. The summed E-state index contributed by atoms with van der Waals surface area (Å²) in [6.45, 7) is 0. The number of ether oxygens (including phenoxy) is 3. The smallest absolute Gasteiger partial charge is 0.337 e. The number of nitrogens with zero attached hydrogens (tertiary/aromatic N) is 4. The molecule has 96 valence electrons. The molecule has 9 heteroatoms. The quantitative estimate of drug-likeness (QED) is 0.781. The lowest BCUT2D eigenvalue weighted by Crippen LogP contribution is -2.05. The molecule has 0 heterocycles. The first kappa shape index (κ1) is 14.1. The normalized spacial score (nSPS) is 8.20. The molecule has 1 N–H and O–H groups in total. The van der Waals surface area contributed by atoms with Crippen molar-refractivity contribution in [2.24, 2.45) is 0 Å². The Bertz CT molecular complexity index is 730. The van der Waals surface area contributed by atoms with Crippen molar-refractivity contribution in [3.63, 3.8) is 0 Å². The molecule has 1 aromatic carbocycles. The van der Waals surface area contributed by atoms with Crippen LogP contribution in [-0.4, -0.2) is 11.1 Å². The minimum Gasteiger partial charge on any atom is -0.478 e. The third kappa shape index (κ3) is 2.48. The number of rotatable bonds is 4. The van der Waals surface area contributed by atoms with Crippen LogP contribution in [0.5, 0.6) is 17.2 Å². The van der Waals surface area contributed by atoms with Crippen LogP contribution < -0.4 is 14.2 Å². The summed E-state index contributed by atoms with van der Waals surface area (Å²) in [6, 6.07) is 2.32. The average Bonchev–Trinajstić information content (AvgIpc) is 2.42. The summed E-state index contributed by atoms with van der Waals surface area (Å²) in [5.41, 5.74) is -1.12. The van der Waals surface area contributed by atoms with Crippen LogP contribution in [0.1, 0.15) is 15.9 Å². The van der Waals surface area contributed by atoms with Gasteiger partial charge in [-0.3, -0.25) is 0 Å². The van der Waals surface area contributed by atoms with Crippen molar-refractivity contribution in [3.05, 3.63) is 17.2 Å². The van der Waals surface area contributed by atoms with Gasteiger partial charge >= 0.3 is 5.97 Å². The Hall–Kier alpha value is -3.95. The second-order valence-corrected chi connectivity index (χ2v) is 2.95. The van der Waals surface area contributed by atoms with Crippen LogP contribution in [0.4, 0.5) is 0 Å². The molecule has 0 radical (unpaired) electrons. The summed E-state index contributed by atoms with van der Waals surface area (Å²) in [5, 5.41) is 43.4. The van der Waals surface area contributed by atoms with E-state index in [0.717, 1.165) is 6.07 Å². The van der Waals surface area contributed by atoms with E-state index in [-0.39, 0.29) is 0 Å². The van der Waals surface area contributed by atoms with Gasteiger partial charge in [-0.05, 0) is 0 Å². The van der Waals surface area contributed by atoms with E-state index in [1.807, 2.05) is 0 Å². The molecule has 0 unspecified atom stereocenters. The Labute approximate surface area is 111 Å². The molecule has 9 nitrogen and oxygen atoms in total. The molecule has 0 atom stereocenters. The van der Waals surface area contributed by atoms with Gasteiger partial charge in [-0.25, -0.2) is 4.79 Å². The van der Waals surface area contributed by atoms with Crippen LogP contribution >= 0.6 is 0 Å². The van der Waals surface area contributed by atoms with E-state index in [1.165, 1.54) is 24.8 Å². The molecule has 1 rings (SSSR count). The molecule has 0 saturated carbocycles. The van der Waals surface area contributed by atoms with Crippen LogP contribution in [0.25, 0.3) is 0 Å². The third-order valence-electron chi connectivity index (χ3n) is 2.00. The fourth-order valence-corrected chi connectivity index (χ4v) is 1.31. The van der Waals surface area contributed by atoms with Crippen LogP contribution in [0, 0.1) is 45.9 Å². The van der Waals surface area contributed by atoms with Gasteiger partial charge in [0.15, 0.2) is 5.75 Å². The maximum absolute atomic E-state index is 11.0. The van der Waals surface area contributed by atoms with Gasteiger partial charge in [0, 0.05) is 6.07 Å². The average molecular weight is 270 g/mol. The fraction of sp³-hybridized carbons (Fsp3) is 0. The van der Waals surface area contributed by atoms with Crippen molar-refractivity contribution in [1.29, 1.82) is 21.0 Å².